The molecule has 0 fully saturated rings. The van der Waals surface area contributed by atoms with Gasteiger partial charge in [-0.25, -0.2) is 9.97 Å². The highest BCUT2D eigenvalue weighted by atomic mass is 16.5. The molecule has 178 valence electrons. The predicted octanol–water partition coefficient (Wildman–Crippen LogP) is 6.27. The molecule has 0 atom stereocenters. The summed E-state index contributed by atoms with van der Waals surface area (Å²) in [5, 5.41) is 9.75. The Morgan fingerprint density at radius 1 is 0.944 bits per heavy atom. The predicted molar refractivity (Wildman–Crippen MR) is 142 cm³/mol. The summed E-state index contributed by atoms with van der Waals surface area (Å²) in [7, 11) is 1.64. The van der Waals surface area contributed by atoms with Crippen LogP contribution in [0.1, 0.15) is 35.1 Å². The lowest BCUT2D eigenvalue weighted by Crippen LogP contribution is -2.05. The Morgan fingerprint density at radius 2 is 1.72 bits per heavy atom. The third kappa shape index (κ3) is 4.32. The lowest BCUT2D eigenvalue weighted by Gasteiger charge is -2.11. The Balaban J connectivity index is 1.50. The van der Waals surface area contributed by atoms with Crippen molar-refractivity contribution in [3.63, 3.8) is 0 Å². The second-order valence-corrected chi connectivity index (χ2v) is 8.87. The molecule has 0 unspecified atom stereocenters. The van der Waals surface area contributed by atoms with E-state index in [9.17, 15) is 5.26 Å². The number of methoxy groups -OCH3 is 1. The summed E-state index contributed by atoms with van der Waals surface area (Å²) in [4.78, 5) is 14.1. The fourth-order valence-electron chi connectivity index (χ4n) is 4.59. The van der Waals surface area contributed by atoms with Crippen molar-refractivity contribution >= 4 is 11.2 Å². The van der Waals surface area contributed by atoms with Crippen molar-refractivity contribution in [3.05, 3.63) is 95.1 Å². The summed E-state index contributed by atoms with van der Waals surface area (Å²) < 4.78 is 7.55. The maximum Gasteiger partial charge on any atom is 0.160 e. The number of nitriles is 1. The van der Waals surface area contributed by atoms with Crippen LogP contribution in [0.4, 0.5) is 0 Å². The van der Waals surface area contributed by atoms with Gasteiger partial charge in [0, 0.05) is 35.5 Å². The molecule has 0 aliphatic rings. The smallest absolute Gasteiger partial charge is 0.160 e. The number of nitrogens with zero attached hydrogens (tertiary/aromatic N) is 5. The van der Waals surface area contributed by atoms with Crippen LogP contribution in [0.3, 0.4) is 0 Å². The Morgan fingerprint density at radius 3 is 2.44 bits per heavy atom. The molecule has 0 N–H and O–H groups in total. The fourth-order valence-corrected chi connectivity index (χ4v) is 4.59. The Labute approximate surface area is 210 Å². The summed E-state index contributed by atoms with van der Waals surface area (Å²) in [5.74, 6) is 1.77. The molecule has 3 heterocycles. The van der Waals surface area contributed by atoms with Crippen molar-refractivity contribution < 1.29 is 4.74 Å². The van der Waals surface area contributed by atoms with Crippen LogP contribution in [0, 0.1) is 25.2 Å². The number of pyridine rings is 2. The summed E-state index contributed by atoms with van der Waals surface area (Å²) in [5.41, 5.74) is 9.41. The quantitative estimate of drug-likeness (QED) is 0.291. The van der Waals surface area contributed by atoms with Gasteiger partial charge in [-0.15, -0.1) is 0 Å². The maximum atomic E-state index is 9.75. The minimum Gasteiger partial charge on any atom is -0.497 e. The number of imidazole rings is 1. The van der Waals surface area contributed by atoms with Gasteiger partial charge in [0.15, 0.2) is 5.65 Å². The van der Waals surface area contributed by atoms with E-state index in [1.807, 2.05) is 37.3 Å². The molecule has 0 saturated carbocycles. The molecular formula is C30H27N5O. The van der Waals surface area contributed by atoms with Crippen LogP contribution in [0.2, 0.25) is 0 Å². The molecule has 0 radical (unpaired) electrons. The lowest BCUT2D eigenvalue weighted by molar-refractivity contribution is 0.414. The van der Waals surface area contributed by atoms with Crippen LogP contribution >= 0.6 is 0 Å². The average Bonchev–Trinajstić information content (AvgIpc) is 3.26. The van der Waals surface area contributed by atoms with Gasteiger partial charge >= 0.3 is 0 Å². The third-order valence-corrected chi connectivity index (χ3v) is 6.43. The molecule has 5 rings (SSSR count). The minimum atomic E-state index is 0.624. The summed E-state index contributed by atoms with van der Waals surface area (Å²) in [6, 6.07) is 22.3. The molecule has 0 aliphatic heterocycles. The number of hydrogen-bond acceptors (Lipinski definition) is 5. The first-order valence-corrected chi connectivity index (χ1v) is 12.0. The molecule has 5 aromatic rings. The van der Waals surface area contributed by atoms with E-state index in [1.165, 1.54) is 0 Å². The van der Waals surface area contributed by atoms with Crippen molar-refractivity contribution in [1.29, 1.82) is 5.26 Å². The van der Waals surface area contributed by atoms with Crippen LogP contribution in [0.15, 0.2) is 66.9 Å². The highest BCUT2D eigenvalue weighted by Crippen LogP contribution is 2.30. The zero-order valence-corrected chi connectivity index (χ0v) is 20.9. The van der Waals surface area contributed by atoms with E-state index in [4.69, 9.17) is 14.7 Å². The van der Waals surface area contributed by atoms with Crippen LogP contribution in [0.25, 0.3) is 33.5 Å². The first-order valence-electron chi connectivity index (χ1n) is 12.0. The number of fused-ring (bicyclic) bond motifs is 1. The number of ether oxygens (including phenoxy) is 1. The van der Waals surface area contributed by atoms with Gasteiger partial charge in [0.1, 0.15) is 17.1 Å². The molecule has 0 aliphatic carbocycles. The minimum absolute atomic E-state index is 0.624. The van der Waals surface area contributed by atoms with Crippen LogP contribution in [0.5, 0.6) is 5.75 Å². The Hall–Kier alpha value is -4.50. The molecule has 0 bridgehead atoms. The van der Waals surface area contributed by atoms with Gasteiger partial charge in [-0.05, 0) is 54.8 Å². The molecule has 0 spiro atoms. The van der Waals surface area contributed by atoms with E-state index in [2.05, 4.69) is 59.8 Å². The first-order chi connectivity index (χ1) is 17.5. The molecule has 0 amide bonds. The Bertz CT molecular complexity index is 1610. The monoisotopic (exact) mass is 473 g/mol. The van der Waals surface area contributed by atoms with Crippen LogP contribution < -0.4 is 4.74 Å². The largest absolute Gasteiger partial charge is 0.497 e. The number of rotatable bonds is 6. The molecular weight excluding hydrogens is 446 g/mol. The number of benzene rings is 2. The molecule has 2 aromatic carbocycles. The molecule has 6 nitrogen and oxygen atoms in total. The number of aryl methyl sites for hydroxylation is 3. The maximum absolute atomic E-state index is 9.75. The topological polar surface area (TPSA) is 76.6 Å². The van der Waals surface area contributed by atoms with Gasteiger partial charge in [-0.3, -0.25) is 4.98 Å². The van der Waals surface area contributed by atoms with E-state index in [-0.39, 0.29) is 0 Å². The number of aromatic nitrogens is 4. The van der Waals surface area contributed by atoms with E-state index in [0.717, 1.165) is 68.4 Å². The van der Waals surface area contributed by atoms with Crippen molar-refractivity contribution in [2.45, 2.75) is 33.7 Å². The van der Waals surface area contributed by atoms with Gasteiger partial charge < -0.3 is 9.30 Å². The summed E-state index contributed by atoms with van der Waals surface area (Å²) in [6.45, 7) is 6.92. The van der Waals surface area contributed by atoms with E-state index in [1.54, 1.807) is 13.3 Å². The standard InChI is InChI=1S/C30H27N5O/c1-5-28-34-29-19(2)14-20(3)33-30(29)35(28)18-21-6-8-22(9-7-21)26-15-23(10-11-24(26)17-31)27-16-25(36-4)12-13-32-27/h6-16H,5,18H2,1-4H3. The van der Waals surface area contributed by atoms with Gasteiger partial charge in [0.2, 0.25) is 0 Å². The van der Waals surface area contributed by atoms with Crippen molar-refractivity contribution in [1.82, 2.24) is 19.5 Å². The van der Waals surface area contributed by atoms with Crippen molar-refractivity contribution in [2.24, 2.45) is 0 Å². The van der Waals surface area contributed by atoms with Crippen LogP contribution in [-0.4, -0.2) is 26.6 Å². The normalized spacial score (nSPS) is 11.0. The van der Waals surface area contributed by atoms with Gasteiger partial charge in [0.05, 0.1) is 31.0 Å². The van der Waals surface area contributed by atoms with E-state index in [0.29, 0.717) is 12.1 Å². The highest BCUT2D eigenvalue weighted by molar-refractivity contribution is 5.78. The fraction of sp³-hybridized carbons (Fsp3) is 0.200. The molecule has 6 heteroatoms. The summed E-state index contributed by atoms with van der Waals surface area (Å²) >= 11 is 0. The zero-order valence-electron chi connectivity index (χ0n) is 20.9. The van der Waals surface area contributed by atoms with Crippen LogP contribution in [-0.2, 0) is 13.0 Å². The SMILES string of the molecule is CCc1nc2c(C)cc(C)nc2n1Cc1ccc(-c2cc(-c3cc(OC)ccn3)ccc2C#N)cc1. The second-order valence-electron chi connectivity index (χ2n) is 8.87. The Kier molecular flexibility index (Phi) is 6.22. The highest BCUT2D eigenvalue weighted by Gasteiger charge is 2.14. The van der Waals surface area contributed by atoms with E-state index >= 15 is 0 Å². The van der Waals surface area contributed by atoms with Gasteiger partial charge in [0.25, 0.3) is 0 Å². The lowest BCUT2D eigenvalue weighted by atomic mass is 9.96. The average molecular weight is 474 g/mol. The second kappa shape index (κ2) is 9.63. The van der Waals surface area contributed by atoms with E-state index < -0.39 is 0 Å². The molecule has 36 heavy (non-hydrogen) atoms. The number of hydrogen-bond donors (Lipinski definition) is 0. The molecule has 3 aromatic heterocycles. The first kappa shape index (κ1) is 23.3. The van der Waals surface area contributed by atoms with Crippen molar-refractivity contribution in [2.75, 3.05) is 7.11 Å². The zero-order chi connectivity index (χ0) is 25.2. The van der Waals surface area contributed by atoms with Crippen molar-refractivity contribution in [3.8, 4) is 34.2 Å². The third-order valence-electron chi connectivity index (χ3n) is 6.43. The van der Waals surface area contributed by atoms with Gasteiger partial charge in [-0.2, -0.15) is 5.26 Å². The van der Waals surface area contributed by atoms with Gasteiger partial charge in [-0.1, -0.05) is 37.3 Å². The summed E-state index contributed by atoms with van der Waals surface area (Å²) in [6.07, 6.45) is 2.56. The molecule has 0 saturated heterocycles.